The van der Waals surface area contributed by atoms with E-state index in [4.69, 9.17) is 4.74 Å². The lowest BCUT2D eigenvalue weighted by Crippen LogP contribution is -2.43. The molecule has 1 fully saturated rings. The summed E-state index contributed by atoms with van der Waals surface area (Å²) in [6, 6.07) is 16.9. The summed E-state index contributed by atoms with van der Waals surface area (Å²) in [6.45, 7) is 8.41. The second-order valence-electron chi connectivity index (χ2n) is 8.44. The van der Waals surface area contributed by atoms with Crippen LogP contribution >= 0.6 is 0 Å². The first kappa shape index (κ1) is 20.4. The normalized spacial score (nSPS) is 19.7. The first-order valence-corrected chi connectivity index (χ1v) is 10.8. The van der Waals surface area contributed by atoms with E-state index in [0.717, 1.165) is 58.0 Å². The molecule has 2 aromatic carbocycles. The quantitative estimate of drug-likeness (QED) is 0.779. The number of ether oxygens (including phenoxy) is 1. The van der Waals surface area contributed by atoms with Gasteiger partial charge in [-0.1, -0.05) is 36.4 Å². The van der Waals surface area contributed by atoms with Gasteiger partial charge in [-0.15, -0.1) is 0 Å². The van der Waals surface area contributed by atoms with Crippen LogP contribution in [0.5, 0.6) is 5.75 Å². The van der Waals surface area contributed by atoms with E-state index >= 15 is 0 Å². The smallest absolute Gasteiger partial charge is 0.119 e. The van der Waals surface area contributed by atoms with Crippen molar-refractivity contribution in [3.63, 3.8) is 0 Å². The Bertz CT molecular complexity index is 772. The topological polar surface area (TPSA) is 39.2 Å². The van der Waals surface area contributed by atoms with Crippen molar-refractivity contribution in [1.82, 2.24) is 14.7 Å². The second-order valence-corrected chi connectivity index (χ2v) is 8.44. The van der Waals surface area contributed by atoms with Gasteiger partial charge < -0.3 is 14.7 Å². The molecule has 1 atom stereocenters. The largest absolute Gasteiger partial charge is 0.491 e. The maximum atomic E-state index is 10.4. The molecule has 5 nitrogen and oxygen atoms in total. The molecular weight excluding hydrogens is 362 g/mol. The molecule has 2 aromatic rings. The fourth-order valence-electron chi connectivity index (χ4n) is 4.21. The van der Waals surface area contributed by atoms with Crippen LogP contribution in [0.25, 0.3) is 0 Å². The molecule has 1 N–H and O–H groups in total. The highest BCUT2D eigenvalue weighted by atomic mass is 16.5. The third-order valence-electron chi connectivity index (χ3n) is 6.05. The molecule has 0 spiro atoms. The van der Waals surface area contributed by atoms with Crippen molar-refractivity contribution in [3.8, 4) is 5.75 Å². The number of hydrogen-bond acceptors (Lipinski definition) is 5. The Morgan fingerprint density at radius 1 is 0.897 bits per heavy atom. The average Bonchev–Trinajstić information content (AvgIpc) is 2.75. The highest BCUT2D eigenvalue weighted by Gasteiger charge is 2.19. The van der Waals surface area contributed by atoms with Crippen molar-refractivity contribution in [1.29, 1.82) is 0 Å². The molecule has 5 heteroatoms. The Kier molecular flexibility index (Phi) is 6.82. The van der Waals surface area contributed by atoms with Crippen molar-refractivity contribution in [3.05, 3.63) is 65.2 Å². The van der Waals surface area contributed by atoms with E-state index in [-0.39, 0.29) is 0 Å². The second kappa shape index (κ2) is 9.72. The van der Waals surface area contributed by atoms with Gasteiger partial charge in [0.05, 0.1) is 0 Å². The zero-order chi connectivity index (χ0) is 20.1. The lowest BCUT2D eigenvalue weighted by molar-refractivity contribution is 0.0637. The van der Waals surface area contributed by atoms with E-state index in [2.05, 4.69) is 58.1 Å². The minimum Gasteiger partial charge on any atom is -0.491 e. The highest BCUT2D eigenvalue weighted by molar-refractivity contribution is 5.29. The molecule has 0 amide bonds. The Hall–Kier alpha value is -1.92. The number of rotatable bonds is 7. The molecule has 156 valence electrons. The van der Waals surface area contributed by atoms with Gasteiger partial charge in [0.2, 0.25) is 0 Å². The van der Waals surface area contributed by atoms with Crippen molar-refractivity contribution in [2.45, 2.75) is 25.6 Å². The van der Waals surface area contributed by atoms with Crippen LogP contribution in [-0.2, 0) is 19.5 Å². The summed E-state index contributed by atoms with van der Waals surface area (Å²) >= 11 is 0. The van der Waals surface area contributed by atoms with Crippen LogP contribution in [0.4, 0.5) is 0 Å². The number of hydrogen-bond donors (Lipinski definition) is 1. The molecule has 2 heterocycles. The van der Waals surface area contributed by atoms with Crippen molar-refractivity contribution in [2.75, 3.05) is 52.9 Å². The molecule has 2 aliphatic heterocycles. The van der Waals surface area contributed by atoms with Gasteiger partial charge in [-0.05, 0) is 42.3 Å². The number of β-amino-alcohol motifs (C(OH)–C–C–N with tert-alkyl or cyclic N) is 1. The third kappa shape index (κ3) is 5.80. The summed E-state index contributed by atoms with van der Waals surface area (Å²) < 4.78 is 5.84. The van der Waals surface area contributed by atoms with Gasteiger partial charge in [0.15, 0.2) is 0 Å². The first-order chi connectivity index (χ1) is 14.2. The summed E-state index contributed by atoms with van der Waals surface area (Å²) in [4.78, 5) is 7.19. The zero-order valence-electron chi connectivity index (χ0n) is 17.5. The molecule has 0 radical (unpaired) electrons. The van der Waals surface area contributed by atoms with Crippen LogP contribution in [0.2, 0.25) is 0 Å². The van der Waals surface area contributed by atoms with Crippen LogP contribution in [0.15, 0.2) is 48.5 Å². The van der Waals surface area contributed by atoms with E-state index in [0.29, 0.717) is 13.2 Å². The van der Waals surface area contributed by atoms with Crippen molar-refractivity contribution in [2.24, 2.45) is 0 Å². The fraction of sp³-hybridized carbons (Fsp3) is 0.500. The minimum absolute atomic E-state index is 0.329. The molecular formula is C24H33N3O2. The summed E-state index contributed by atoms with van der Waals surface area (Å²) in [7, 11) is 2.18. The Labute approximate surface area is 174 Å². The molecule has 0 aromatic heterocycles. The van der Waals surface area contributed by atoms with Gasteiger partial charge in [0.1, 0.15) is 18.5 Å². The standard InChI is InChI=1S/C24H33N3O2/c1-25-12-14-26(15-13-25)16-20-6-8-24(9-7-20)29-19-23(28)18-27-11-10-21-4-2-3-5-22(21)17-27/h2-9,23,28H,10-19H2,1H3/t23-/m1/s1. The van der Waals surface area contributed by atoms with Gasteiger partial charge >= 0.3 is 0 Å². The van der Waals surface area contributed by atoms with Gasteiger partial charge in [-0.25, -0.2) is 0 Å². The molecule has 0 aliphatic carbocycles. The third-order valence-corrected chi connectivity index (χ3v) is 6.05. The summed E-state index contributed by atoms with van der Waals surface area (Å²) in [6.07, 6.45) is 0.573. The van der Waals surface area contributed by atoms with Crippen LogP contribution in [-0.4, -0.2) is 78.8 Å². The maximum absolute atomic E-state index is 10.4. The Balaban J connectivity index is 1.20. The number of piperazine rings is 1. The van der Waals surface area contributed by atoms with Crippen LogP contribution < -0.4 is 4.74 Å². The van der Waals surface area contributed by atoms with E-state index in [9.17, 15) is 5.11 Å². The molecule has 4 rings (SSSR count). The molecule has 0 bridgehead atoms. The van der Waals surface area contributed by atoms with E-state index in [1.54, 1.807) is 0 Å². The summed E-state index contributed by atoms with van der Waals surface area (Å²) in [5, 5.41) is 10.4. The predicted molar refractivity (Wildman–Crippen MR) is 116 cm³/mol. The van der Waals surface area contributed by atoms with Crippen LogP contribution in [0.1, 0.15) is 16.7 Å². The van der Waals surface area contributed by atoms with Crippen LogP contribution in [0, 0.1) is 0 Å². The maximum Gasteiger partial charge on any atom is 0.119 e. The van der Waals surface area contributed by atoms with Gasteiger partial charge in [0, 0.05) is 52.4 Å². The molecule has 29 heavy (non-hydrogen) atoms. The SMILES string of the molecule is CN1CCN(Cc2ccc(OC[C@H](O)CN3CCc4ccccc4C3)cc2)CC1. The summed E-state index contributed by atoms with van der Waals surface area (Å²) in [5.41, 5.74) is 4.13. The van der Waals surface area contributed by atoms with Crippen molar-refractivity contribution >= 4 is 0 Å². The molecule has 1 saturated heterocycles. The molecule has 0 saturated carbocycles. The summed E-state index contributed by atoms with van der Waals surface area (Å²) in [5.74, 6) is 0.829. The van der Waals surface area contributed by atoms with Crippen molar-refractivity contribution < 1.29 is 9.84 Å². The average molecular weight is 396 g/mol. The number of aliphatic hydroxyl groups is 1. The van der Waals surface area contributed by atoms with E-state index in [1.807, 2.05) is 12.1 Å². The number of benzene rings is 2. The van der Waals surface area contributed by atoms with Gasteiger partial charge in [-0.3, -0.25) is 9.80 Å². The Morgan fingerprint density at radius 2 is 1.62 bits per heavy atom. The predicted octanol–water partition coefficient (Wildman–Crippen LogP) is 2.23. The fourth-order valence-corrected chi connectivity index (χ4v) is 4.21. The number of aliphatic hydroxyl groups excluding tert-OH is 1. The van der Waals surface area contributed by atoms with Gasteiger partial charge in [-0.2, -0.15) is 0 Å². The number of nitrogens with zero attached hydrogens (tertiary/aromatic N) is 3. The van der Waals surface area contributed by atoms with Gasteiger partial charge in [0.25, 0.3) is 0 Å². The first-order valence-electron chi connectivity index (χ1n) is 10.8. The zero-order valence-corrected chi connectivity index (χ0v) is 17.5. The minimum atomic E-state index is -0.481. The monoisotopic (exact) mass is 395 g/mol. The number of fused-ring (bicyclic) bond motifs is 1. The van der Waals surface area contributed by atoms with E-state index < -0.39 is 6.10 Å². The molecule has 2 aliphatic rings. The van der Waals surface area contributed by atoms with E-state index in [1.165, 1.54) is 16.7 Å². The lowest BCUT2D eigenvalue weighted by atomic mass is 10.00. The number of likely N-dealkylation sites (N-methyl/N-ethyl adjacent to an activating group) is 1. The highest BCUT2D eigenvalue weighted by Crippen LogP contribution is 2.19. The lowest BCUT2D eigenvalue weighted by Gasteiger charge is -2.32. The van der Waals surface area contributed by atoms with Crippen LogP contribution in [0.3, 0.4) is 0 Å². The Morgan fingerprint density at radius 3 is 2.38 bits per heavy atom. The molecule has 0 unspecified atom stereocenters.